The van der Waals surface area contributed by atoms with Crippen molar-refractivity contribution in [1.29, 1.82) is 0 Å². The van der Waals surface area contributed by atoms with E-state index in [1.807, 2.05) is 13.8 Å². The average molecular weight is 451 g/mol. The maximum Gasteiger partial charge on any atom is 0.416 e. The first kappa shape index (κ1) is 22.3. The van der Waals surface area contributed by atoms with Gasteiger partial charge in [0.05, 0.1) is 11.1 Å². The number of ketones is 1. The van der Waals surface area contributed by atoms with Crippen LogP contribution in [0, 0.1) is 5.41 Å². The highest BCUT2D eigenvalue weighted by atomic mass is 35.5. The summed E-state index contributed by atoms with van der Waals surface area (Å²) in [7, 11) is 0. The molecule has 0 bridgehead atoms. The van der Waals surface area contributed by atoms with Crippen LogP contribution < -0.4 is 5.11 Å². The molecule has 1 fully saturated rings. The van der Waals surface area contributed by atoms with Crippen LogP contribution in [0.4, 0.5) is 13.2 Å². The number of carbonyl (C=O) groups excluding carboxylic acids is 1. The number of fused-ring (bicyclic) bond motifs is 1. The molecule has 31 heavy (non-hydrogen) atoms. The van der Waals surface area contributed by atoms with Crippen LogP contribution in [0.2, 0.25) is 5.15 Å². The lowest BCUT2D eigenvalue weighted by atomic mass is 9.71. The van der Waals surface area contributed by atoms with Gasteiger partial charge in [0.25, 0.3) is 0 Å². The van der Waals surface area contributed by atoms with Crippen molar-refractivity contribution in [3.8, 4) is 0 Å². The summed E-state index contributed by atoms with van der Waals surface area (Å²) in [4.78, 5) is 17.9. The zero-order chi connectivity index (χ0) is 22.6. The molecule has 1 aromatic heterocycles. The Morgan fingerprint density at radius 3 is 2.32 bits per heavy atom. The van der Waals surface area contributed by atoms with Crippen LogP contribution in [-0.4, -0.2) is 10.8 Å². The molecule has 2 aliphatic rings. The molecule has 166 valence electrons. The van der Waals surface area contributed by atoms with E-state index in [0.29, 0.717) is 29.7 Å². The maximum atomic E-state index is 13.4. The van der Waals surface area contributed by atoms with Gasteiger partial charge in [-0.15, -0.1) is 0 Å². The number of hydrogen-bond donors (Lipinski definition) is 0. The molecule has 0 spiro atoms. The zero-order valence-corrected chi connectivity index (χ0v) is 18.2. The van der Waals surface area contributed by atoms with Crippen molar-refractivity contribution in [2.75, 3.05) is 0 Å². The molecule has 0 N–H and O–H groups in total. The summed E-state index contributed by atoms with van der Waals surface area (Å²) < 4.78 is 38.8. The summed E-state index contributed by atoms with van der Waals surface area (Å²) in [5, 5.41) is 13.3. The number of nitrogens with zero attached hydrogens (tertiary/aromatic N) is 1. The third kappa shape index (κ3) is 4.24. The highest BCUT2D eigenvalue weighted by Gasteiger charge is 2.36. The third-order valence-corrected chi connectivity index (χ3v) is 6.75. The first-order valence-corrected chi connectivity index (χ1v) is 11.0. The smallest absolute Gasteiger partial charge is 0.416 e. The van der Waals surface area contributed by atoms with Gasteiger partial charge in [0.2, 0.25) is 0 Å². The second-order valence-electron chi connectivity index (χ2n) is 9.47. The Bertz CT molecular complexity index is 1010. The molecule has 3 nitrogen and oxygen atoms in total. The van der Waals surface area contributed by atoms with Gasteiger partial charge in [0.1, 0.15) is 5.15 Å². The summed E-state index contributed by atoms with van der Waals surface area (Å²) in [6, 6.07) is 4.11. The Morgan fingerprint density at radius 1 is 1.13 bits per heavy atom. The van der Waals surface area contributed by atoms with E-state index in [2.05, 4.69) is 4.98 Å². The number of carbonyl (C=O) groups is 1. The SMILES string of the molecule is CC1(C)Cc2nc(Cl)c(C(=O)c3ccc(C(F)(F)F)cc3)c(C3CCCC3)c2C([O-])C1. The fourth-order valence-electron chi connectivity index (χ4n) is 5.07. The quantitative estimate of drug-likeness (QED) is 0.424. The minimum Gasteiger partial charge on any atom is -0.848 e. The molecule has 1 unspecified atom stereocenters. The molecule has 2 aromatic rings. The zero-order valence-electron chi connectivity index (χ0n) is 17.5. The predicted octanol–water partition coefficient (Wildman–Crippen LogP) is 6.02. The van der Waals surface area contributed by atoms with Gasteiger partial charge in [0.15, 0.2) is 5.78 Å². The lowest BCUT2D eigenvalue weighted by Gasteiger charge is -2.42. The second-order valence-corrected chi connectivity index (χ2v) is 9.83. The van der Waals surface area contributed by atoms with Gasteiger partial charge in [0, 0.05) is 11.3 Å². The number of aromatic nitrogens is 1. The predicted molar refractivity (Wildman–Crippen MR) is 110 cm³/mol. The molecule has 1 aromatic carbocycles. The van der Waals surface area contributed by atoms with E-state index < -0.39 is 23.6 Å². The molecule has 0 aliphatic heterocycles. The minimum absolute atomic E-state index is 0.0375. The Morgan fingerprint density at radius 2 is 1.74 bits per heavy atom. The minimum atomic E-state index is -4.48. The van der Waals surface area contributed by atoms with Gasteiger partial charge in [-0.05, 0) is 53.9 Å². The van der Waals surface area contributed by atoms with Crippen molar-refractivity contribution in [2.24, 2.45) is 5.41 Å². The van der Waals surface area contributed by atoms with Crippen LogP contribution in [0.25, 0.3) is 0 Å². The van der Waals surface area contributed by atoms with E-state index in [1.54, 1.807) is 0 Å². The van der Waals surface area contributed by atoms with Gasteiger partial charge in [-0.2, -0.15) is 13.2 Å². The number of halogens is 4. The molecule has 2 aliphatic carbocycles. The maximum absolute atomic E-state index is 13.4. The van der Waals surface area contributed by atoms with E-state index in [0.717, 1.165) is 49.9 Å². The van der Waals surface area contributed by atoms with E-state index in [4.69, 9.17) is 11.6 Å². The highest BCUT2D eigenvalue weighted by Crippen LogP contribution is 2.47. The van der Waals surface area contributed by atoms with E-state index in [-0.39, 0.29) is 27.6 Å². The highest BCUT2D eigenvalue weighted by molar-refractivity contribution is 6.34. The Hall–Kier alpha value is -1.92. The fourth-order valence-corrected chi connectivity index (χ4v) is 5.36. The number of rotatable bonds is 3. The summed E-state index contributed by atoms with van der Waals surface area (Å²) in [6.07, 6.45) is -0.716. The molecular formula is C24H24ClF3NO2-. The second kappa shape index (κ2) is 7.89. The Labute approximate surface area is 184 Å². The van der Waals surface area contributed by atoms with Crippen LogP contribution in [0.3, 0.4) is 0 Å². The van der Waals surface area contributed by atoms with Crippen molar-refractivity contribution < 1.29 is 23.1 Å². The number of hydrogen-bond acceptors (Lipinski definition) is 3. The van der Waals surface area contributed by atoms with Crippen molar-refractivity contribution in [3.05, 3.63) is 62.9 Å². The molecule has 7 heteroatoms. The summed E-state index contributed by atoms with van der Waals surface area (Å²) in [5.41, 5.74) is 1.20. The normalized spacial score (nSPS) is 21.2. The average Bonchev–Trinajstić information content (AvgIpc) is 3.19. The Kier molecular flexibility index (Phi) is 5.67. The first-order valence-electron chi connectivity index (χ1n) is 10.6. The molecule has 1 atom stereocenters. The van der Waals surface area contributed by atoms with Crippen molar-refractivity contribution in [2.45, 2.75) is 70.6 Å². The molecule has 0 saturated heterocycles. The number of alkyl halides is 3. The van der Waals surface area contributed by atoms with Gasteiger partial charge in [-0.1, -0.05) is 62.9 Å². The lowest BCUT2D eigenvalue weighted by molar-refractivity contribution is -0.434. The van der Waals surface area contributed by atoms with Crippen LogP contribution >= 0.6 is 11.6 Å². The molecule has 1 saturated carbocycles. The topological polar surface area (TPSA) is 53.0 Å². The third-order valence-electron chi connectivity index (χ3n) is 6.48. The summed E-state index contributed by atoms with van der Waals surface area (Å²) in [6.45, 7) is 4.04. The lowest BCUT2D eigenvalue weighted by Crippen LogP contribution is -2.34. The summed E-state index contributed by atoms with van der Waals surface area (Å²) in [5.74, 6) is -0.437. The van der Waals surface area contributed by atoms with E-state index >= 15 is 0 Å². The van der Waals surface area contributed by atoms with Gasteiger partial charge >= 0.3 is 6.18 Å². The number of pyridine rings is 1. The fraction of sp³-hybridized carbons (Fsp3) is 0.500. The Balaban J connectivity index is 1.86. The van der Waals surface area contributed by atoms with Crippen LogP contribution in [0.1, 0.15) is 96.3 Å². The molecule has 4 rings (SSSR count). The standard InChI is InChI=1S/C24H24ClF3NO2/c1-23(2)11-16-19(17(30)12-23)18(13-5-3-4-6-13)20(22(25)29-16)21(31)14-7-9-15(10-8-14)24(26,27)28/h7-10,13,17H,3-6,11-12H2,1-2H3/q-1. The van der Waals surface area contributed by atoms with E-state index in [9.17, 15) is 23.1 Å². The van der Waals surface area contributed by atoms with Crippen molar-refractivity contribution >= 4 is 17.4 Å². The van der Waals surface area contributed by atoms with Crippen molar-refractivity contribution in [1.82, 2.24) is 4.98 Å². The first-order chi connectivity index (χ1) is 14.5. The van der Waals surface area contributed by atoms with Crippen LogP contribution in [-0.2, 0) is 12.6 Å². The monoisotopic (exact) mass is 450 g/mol. The molecular weight excluding hydrogens is 427 g/mol. The largest absolute Gasteiger partial charge is 0.848 e. The van der Waals surface area contributed by atoms with Crippen LogP contribution in [0.15, 0.2) is 24.3 Å². The van der Waals surface area contributed by atoms with Crippen LogP contribution in [0.5, 0.6) is 0 Å². The van der Waals surface area contributed by atoms with Gasteiger partial charge in [-0.25, -0.2) is 4.98 Å². The molecule has 0 amide bonds. The van der Waals surface area contributed by atoms with Gasteiger partial charge < -0.3 is 5.11 Å². The van der Waals surface area contributed by atoms with Gasteiger partial charge in [-0.3, -0.25) is 4.79 Å². The van der Waals surface area contributed by atoms with E-state index in [1.165, 1.54) is 0 Å². The van der Waals surface area contributed by atoms with Crippen molar-refractivity contribution in [3.63, 3.8) is 0 Å². The number of benzene rings is 1. The summed E-state index contributed by atoms with van der Waals surface area (Å²) >= 11 is 6.52. The molecule has 0 radical (unpaired) electrons. The molecule has 1 heterocycles.